The highest BCUT2D eigenvalue weighted by Gasteiger charge is 2.33. The first kappa shape index (κ1) is 44.9. The molecule has 9 aromatic rings. The molecule has 0 fully saturated rings. The summed E-state index contributed by atoms with van der Waals surface area (Å²) in [5.41, 5.74) is 3.14. The Bertz CT molecular complexity index is 2880. The Morgan fingerprint density at radius 3 is 0.939 bits per heavy atom. The lowest BCUT2D eigenvalue weighted by Crippen LogP contribution is -2.31. The summed E-state index contributed by atoms with van der Waals surface area (Å²) in [6.07, 6.45) is 0.744. The van der Waals surface area contributed by atoms with Crippen molar-refractivity contribution in [2.75, 3.05) is 0 Å². The van der Waals surface area contributed by atoms with Crippen molar-refractivity contribution < 1.29 is 9.13 Å². The predicted molar refractivity (Wildman–Crippen MR) is 275 cm³/mol. The highest BCUT2D eigenvalue weighted by atomic mass is 32.2. The summed E-state index contributed by atoms with van der Waals surface area (Å²) in [7, 11) is -0.836. The second-order valence-electron chi connectivity index (χ2n) is 17.5. The van der Waals surface area contributed by atoms with Crippen LogP contribution in [0.2, 0.25) is 0 Å². The van der Waals surface area contributed by atoms with Gasteiger partial charge < -0.3 is 4.74 Å². The van der Waals surface area contributed by atoms with Crippen LogP contribution in [0, 0.1) is 5.82 Å². The molecule has 0 aliphatic heterocycles. The number of ether oxygens (including phenoxy) is 1. The molecule has 9 rings (SSSR count). The van der Waals surface area contributed by atoms with Gasteiger partial charge in [-0.2, -0.15) is 0 Å². The smallest absolute Gasteiger partial charge is 0.166 e. The van der Waals surface area contributed by atoms with Gasteiger partial charge in [-0.25, -0.2) is 4.39 Å². The molecule has 0 amide bonds. The van der Waals surface area contributed by atoms with Crippen molar-refractivity contribution in [3.63, 3.8) is 0 Å². The molecule has 0 N–H and O–H groups in total. The third kappa shape index (κ3) is 10.4. The predicted octanol–water partition coefficient (Wildman–Crippen LogP) is 15.8. The fourth-order valence-corrected chi connectivity index (χ4v) is 14.6. The van der Waals surface area contributed by atoms with Crippen molar-refractivity contribution in [3.8, 4) is 5.75 Å². The summed E-state index contributed by atoms with van der Waals surface area (Å²) in [5.74, 6) is 0.626. The zero-order chi connectivity index (χ0) is 45.5. The Balaban J connectivity index is 0.906. The van der Waals surface area contributed by atoms with Gasteiger partial charge >= 0.3 is 0 Å². The van der Waals surface area contributed by atoms with E-state index in [1.165, 1.54) is 55.9 Å². The van der Waals surface area contributed by atoms with E-state index in [9.17, 15) is 4.39 Å². The molecule has 0 radical (unpaired) electrons. The lowest BCUT2D eigenvalue weighted by atomic mass is 9.78. The topological polar surface area (TPSA) is 9.23 Å². The molecule has 0 spiro atoms. The Kier molecular flexibility index (Phi) is 13.7. The lowest BCUT2D eigenvalue weighted by Gasteiger charge is -2.27. The summed E-state index contributed by atoms with van der Waals surface area (Å²) < 4.78 is 20.6. The molecule has 0 aliphatic carbocycles. The molecule has 5 heteroatoms. The molecule has 0 aromatic heterocycles. The van der Waals surface area contributed by atoms with Crippen LogP contribution in [0.25, 0.3) is 0 Å². The quantitative estimate of drug-likeness (QED) is 0.0931. The Morgan fingerprint density at radius 2 is 0.606 bits per heavy atom. The van der Waals surface area contributed by atoms with Crippen LogP contribution in [0.1, 0.15) is 44.4 Å². The molecule has 0 heterocycles. The Hall–Kier alpha value is -6.24. The first-order valence-corrected chi connectivity index (χ1v) is 26.1. The van der Waals surface area contributed by atoms with Crippen molar-refractivity contribution in [3.05, 3.63) is 265 Å². The zero-order valence-corrected chi connectivity index (χ0v) is 40.3. The molecule has 2 unspecified atom stereocenters. The monoisotopic (exact) mass is 917 g/mol. The van der Waals surface area contributed by atoms with E-state index in [0.717, 1.165) is 17.1 Å². The van der Waals surface area contributed by atoms with Gasteiger partial charge in [-0.05, 0) is 164 Å². The van der Waals surface area contributed by atoms with Crippen LogP contribution in [0.15, 0.2) is 287 Å². The number of hydrogen-bond acceptors (Lipinski definition) is 1. The molecule has 2 atom stereocenters. The molecular weight excluding hydrogens is 864 g/mol. The summed E-state index contributed by atoms with van der Waals surface area (Å²) >= 11 is 0. The van der Waals surface area contributed by atoms with Crippen molar-refractivity contribution >= 4 is 32.7 Å². The van der Waals surface area contributed by atoms with Gasteiger partial charge in [0, 0.05) is 11.8 Å². The minimum Gasteiger partial charge on any atom is -0.488 e. The molecule has 9 aromatic carbocycles. The minimum absolute atomic E-state index is 0.182. The van der Waals surface area contributed by atoms with Crippen LogP contribution < -0.4 is 4.74 Å². The fourth-order valence-electron chi connectivity index (χ4n) is 8.44. The van der Waals surface area contributed by atoms with Gasteiger partial charge in [0.05, 0.1) is 32.7 Å². The second-order valence-corrected chi connectivity index (χ2v) is 23.5. The highest BCUT2D eigenvalue weighted by Crippen LogP contribution is 2.39. The molecule has 0 saturated carbocycles. The van der Waals surface area contributed by atoms with Crippen molar-refractivity contribution in [2.45, 2.75) is 89.2 Å². The van der Waals surface area contributed by atoms with Crippen molar-refractivity contribution in [1.82, 2.24) is 0 Å². The van der Waals surface area contributed by atoms with Gasteiger partial charge in [-0.15, -0.1) is 0 Å². The average Bonchev–Trinajstić information content (AvgIpc) is 3.35. The van der Waals surface area contributed by atoms with Crippen LogP contribution in [0.3, 0.4) is 0 Å². The minimum atomic E-state index is -0.447. The van der Waals surface area contributed by atoms with Crippen LogP contribution in [0.5, 0.6) is 5.75 Å². The SMILES string of the molecule is CC(C)(Cc1ccc([S+](c2ccccc2)c2ccc(F)cc2)cc1)Oc1ccc([S+](c2ccccc2)c2ccc(C(C)(C)c3ccc([S+](c4ccccc4)c4ccccc4)cc3)cc2)cc1. The summed E-state index contributed by atoms with van der Waals surface area (Å²) in [5, 5.41) is 0. The molecule has 326 valence electrons. The number of rotatable bonds is 15. The van der Waals surface area contributed by atoms with Gasteiger partial charge in [0.1, 0.15) is 17.2 Å². The summed E-state index contributed by atoms with van der Waals surface area (Å²) in [6, 6.07) is 86.0. The summed E-state index contributed by atoms with van der Waals surface area (Å²) in [6.45, 7) is 8.96. The van der Waals surface area contributed by atoms with E-state index in [4.69, 9.17) is 4.74 Å². The van der Waals surface area contributed by atoms with E-state index in [-0.39, 0.29) is 43.9 Å². The number of hydrogen-bond donors (Lipinski definition) is 0. The first-order chi connectivity index (χ1) is 32.1. The van der Waals surface area contributed by atoms with E-state index in [1.807, 2.05) is 18.2 Å². The third-order valence-corrected chi connectivity index (χ3v) is 18.5. The van der Waals surface area contributed by atoms with Gasteiger partial charge in [0.15, 0.2) is 44.1 Å². The van der Waals surface area contributed by atoms with Crippen molar-refractivity contribution in [1.29, 1.82) is 0 Å². The maximum absolute atomic E-state index is 13.9. The lowest BCUT2D eigenvalue weighted by molar-refractivity contribution is 0.110. The van der Waals surface area contributed by atoms with Crippen LogP contribution in [0.4, 0.5) is 4.39 Å². The van der Waals surface area contributed by atoms with Gasteiger partial charge in [-0.3, -0.25) is 0 Å². The van der Waals surface area contributed by atoms with E-state index in [0.29, 0.717) is 0 Å². The molecule has 0 saturated heterocycles. The van der Waals surface area contributed by atoms with Gasteiger partial charge in [0.2, 0.25) is 0 Å². The standard InChI is InChI=1S/C61H54FOS3/c1-60(2,45-46-25-35-55(36-26-46)65(53-21-13-7-14-22-53)58-41-31-49(62)32-42-58)63-50-33-43-59(44-34-50)66(54-23-15-8-16-24-54)57-39-29-48(30-40-57)61(3,4)47-27-37-56(38-28-47)64(51-17-9-5-10-18-51)52-19-11-6-12-20-52/h5-44H,45H2,1-4H3/q+3. The van der Waals surface area contributed by atoms with E-state index >= 15 is 0 Å². The molecule has 1 nitrogen and oxygen atoms in total. The maximum Gasteiger partial charge on any atom is 0.166 e. The van der Waals surface area contributed by atoms with Crippen LogP contribution >= 0.6 is 0 Å². The maximum atomic E-state index is 13.9. The van der Waals surface area contributed by atoms with Gasteiger partial charge in [-0.1, -0.05) is 123 Å². The zero-order valence-electron chi connectivity index (χ0n) is 37.8. The number of halogens is 1. The van der Waals surface area contributed by atoms with E-state index in [2.05, 4.69) is 240 Å². The normalized spacial score (nSPS) is 12.7. The first-order valence-electron chi connectivity index (χ1n) is 22.4. The Morgan fingerprint density at radius 1 is 0.333 bits per heavy atom. The number of benzene rings is 9. The second kappa shape index (κ2) is 20.1. The fraction of sp³-hybridized carbons (Fsp3) is 0.115. The largest absolute Gasteiger partial charge is 0.488 e. The molecule has 0 aliphatic rings. The van der Waals surface area contributed by atoms with Gasteiger partial charge in [0.25, 0.3) is 0 Å². The average molecular weight is 918 g/mol. The van der Waals surface area contributed by atoms with E-state index in [1.54, 1.807) is 12.1 Å². The molecule has 0 bridgehead atoms. The van der Waals surface area contributed by atoms with E-state index < -0.39 is 5.60 Å². The summed E-state index contributed by atoms with van der Waals surface area (Å²) in [4.78, 5) is 11.2. The molecule has 66 heavy (non-hydrogen) atoms. The highest BCUT2D eigenvalue weighted by molar-refractivity contribution is 7.97. The van der Waals surface area contributed by atoms with Crippen molar-refractivity contribution in [2.24, 2.45) is 0 Å². The van der Waals surface area contributed by atoms with Crippen LogP contribution in [-0.4, -0.2) is 5.60 Å². The van der Waals surface area contributed by atoms with Crippen LogP contribution in [-0.2, 0) is 44.5 Å². The molecular formula is C61H54FOS3+3. The Labute approximate surface area is 399 Å². The third-order valence-electron chi connectivity index (χ3n) is 11.8.